The first kappa shape index (κ1) is 110. The molecule has 0 spiro atoms. The Morgan fingerprint density at radius 3 is 1.52 bits per heavy atom. The van der Waals surface area contributed by atoms with Gasteiger partial charge in [0.15, 0.2) is 62.3 Å². The summed E-state index contributed by atoms with van der Waals surface area (Å²) >= 11 is 0. The van der Waals surface area contributed by atoms with Gasteiger partial charge in [0.1, 0.15) is 146 Å². The molecule has 0 radical (unpaired) electrons. The molecule has 8 aliphatic heterocycles. The van der Waals surface area contributed by atoms with E-state index in [1.54, 1.807) is 0 Å². The highest BCUT2D eigenvalue weighted by atomic mass is 16.8. The van der Waals surface area contributed by atoms with E-state index < -0.39 is 347 Å². The Kier molecular flexibility index (Phi) is 34.8. The first-order valence-corrected chi connectivity index (χ1v) is 47.7. The zero-order valence-electron chi connectivity index (χ0n) is 79.5. The van der Waals surface area contributed by atoms with Crippen LogP contribution in [0.15, 0.2) is 60.3 Å². The number of rotatable bonds is 31. The van der Waals surface area contributed by atoms with Gasteiger partial charge in [-0.2, -0.15) is 0 Å². The van der Waals surface area contributed by atoms with Crippen molar-refractivity contribution < 1.29 is 212 Å². The van der Waals surface area contributed by atoms with Crippen molar-refractivity contribution in [1.29, 1.82) is 0 Å². The molecule has 22 N–H and O–H groups in total. The zero-order valence-corrected chi connectivity index (χ0v) is 79.5. The van der Waals surface area contributed by atoms with Gasteiger partial charge < -0.3 is 198 Å². The summed E-state index contributed by atoms with van der Waals surface area (Å²) in [6.07, 6.45) is -55.5. The number of carbonyl (C=O) groups excluding carboxylic acids is 3. The molecule has 8 saturated heterocycles. The minimum Gasteiger partial charge on any atom is -0.452 e. The summed E-state index contributed by atoms with van der Waals surface area (Å²) in [5.41, 5.74) is -7.35. The zero-order chi connectivity index (χ0) is 101. The fourth-order valence-corrected chi connectivity index (χ4v) is 23.4. The molecule has 5 aliphatic carbocycles. The van der Waals surface area contributed by atoms with Crippen LogP contribution in [0.1, 0.15) is 167 Å². The topological polar surface area (TPSA) is 662 Å². The molecule has 0 aromatic carbocycles. The molecule has 8 heterocycles. The number of hydrogen-bond acceptors (Lipinski definition) is 43. The molecule has 43 nitrogen and oxygen atoms in total. The van der Waals surface area contributed by atoms with Crippen LogP contribution in [0.25, 0.3) is 0 Å². The molecular formula is C94H148O43. The van der Waals surface area contributed by atoms with Gasteiger partial charge in [0.25, 0.3) is 0 Å². The number of carbonyl (C=O) groups is 3. The number of hydrogen-bond donors (Lipinski definition) is 22. The summed E-state index contributed by atoms with van der Waals surface area (Å²) in [6, 6.07) is 0. The number of esters is 3. The highest BCUT2D eigenvalue weighted by Gasteiger charge is 2.73. The molecular weight excluding hydrogens is 1820 g/mol. The molecule has 13 rings (SSSR count). The Morgan fingerprint density at radius 2 is 0.942 bits per heavy atom. The second-order valence-electron chi connectivity index (χ2n) is 42.6. The van der Waals surface area contributed by atoms with Crippen molar-refractivity contribution >= 4 is 17.9 Å². The van der Waals surface area contributed by atoms with Crippen LogP contribution in [0.4, 0.5) is 0 Å². The highest BCUT2D eigenvalue weighted by molar-refractivity contribution is 5.89. The van der Waals surface area contributed by atoms with Crippen LogP contribution in [0.3, 0.4) is 0 Å². The van der Waals surface area contributed by atoms with Gasteiger partial charge in [0, 0.05) is 5.57 Å². The summed E-state index contributed by atoms with van der Waals surface area (Å²) in [5.74, 6) is -4.38. The first-order chi connectivity index (χ1) is 64.1. The van der Waals surface area contributed by atoms with E-state index in [9.17, 15) is 122 Å². The Balaban J connectivity index is 0.789. The van der Waals surface area contributed by atoms with Gasteiger partial charge in [-0.1, -0.05) is 84.4 Å². The van der Waals surface area contributed by atoms with Crippen LogP contribution in [0.5, 0.6) is 0 Å². The Morgan fingerprint density at radius 1 is 0.460 bits per heavy atom. The number of allylic oxidation sites excluding steroid dienone is 4. The van der Waals surface area contributed by atoms with Crippen LogP contribution in [0, 0.1) is 50.2 Å². The van der Waals surface area contributed by atoms with Crippen LogP contribution in [0.2, 0.25) is 0 Å². The van der Waals surface area contributed by atoms with E-state index in [4.69, 9.17) is 85.3 Å². The van der Waals surface area contributed by atoms with Gasteiger partial charge in [-0.15, -0.1) is 13.2 Å². The fourth-order valence-electron chi connectivity index (χ4n) is 23.4. The minimum absolute atomic E-state index is 0.00697. The predicted molar refractivity (Wildman–Crippen MR) is 465 cm³/mol. The number of aliphatic hydroxyl groups is 22. The highest BCUT2D eigenvalue weighted by Crippen LogP contribution is 2.76. The lowest BCUT2D eigenvalue weighted by molar-refractivity contribution is -0.381. The fraction of sp³-hybridized carbons (Fsp3) is 0.862. The second kappa shape index (κ2) is 43.3. The standard InChI is InChI=1S/C94H148O43/c1-15-89(10,118)25-17-19-40(3)76(115)132-75-72(131-77(116)43(33-95)20-18-26-90(11,119)16-2)56(101)41(4)126-83(75)125-39-51-61(106)63(108)74(136-82-68(113)64(109)70(42(5)127-82)133-81-69(114)71(49(99)37-123-81)134-79-66(111)58(103)47(97)35-121-79)85(129-51)137-86(117)94-30-29-87(6,7)31-45(94)44-21-22-53-91(12)27-24-55(88(8,9)52(91)23-28-92(53,13)93(44,14)32-54(94)100)130-84-73(135-80-67(112)59(104)48(98)36-122-80)62(107)60(105)50(128-84)38-124-78-65(110)57(102)46(96)34-120-78/h15-16,19-21,41-42,45-75,78-85,95-114,118-119H,1-2,17-18,22-39H2,3-14H3/b40-19+,43-20+/t41-,42-,45-,46-,47+,48+,49+,50+,51+,52-,53+,54+,55-,56-,57-,58-,59-,60+,61+,62-,63-,64-,65+,66+,67+,68+,69+,70-,71-,72+,73+,74+,75+,78-,79-,80-,81-,82-,83+,84-,85-,89+,90+,91-,92+,93+,94+/m0/s1. The maximum absolute atomic E-state index is 16.6. The Labute approximate surface area is 794 Å². The first-order valence-electron chi connectivity index (χ1n) is 47.7. The summed E-state index contributed by atoms with van der Waals surface area (Å²) < 4.78 is 110. The van der Waals surface area contributed by atoms with Gasteiger partial charge in [-0.3, -0.25) is 4.79 Å². The molecule has 0 aromatic rings. The number of fused-ring (bicyclic) bond motifs is 7. The van der Waals surface area contributed by atoms with Crippen molar-refractivity contribution in [2.75, 3.05) is 46.2 Å². The van der Waals surface area contributed by atoms with E-state index in [0.717, 1.165) is 5.57 Å². The van der Waals surface area contributed by atoms with Crippen LogP contribution in [-0.2, 0) is 99.6 Å². The van der Waals surface area contributed by atoms with Gasteiger partial charge in [0.05, 0.1) is 87.4 Å². The van der Waals surface area contributed by atoms with Gasteiger partial charge in [0.2, 0.25) is 6.29 Å². The van der Waals surface area contributed by atoms with E-state index in [2.05, 4.69) is 67.7 Å². The maximum Gasteiger partial charge on any atom is 0.336 e. The smallest absolute Gasteiger partial charge is 0.336 e. The third-order valence-corrected chi connectivity index (χ3v) is 32.4. The van der Waals surface area contributed by atoms with Gasteiger partial charge in [-0.25, -0.2) is 9.59 Å². The second-order valence-corrected chi connectivity index (χ2v) is 42.6. The molecule has 0 aromatic heterocycles. The van der Waals surface area contributed by atoms with Gasteiger partial charge >= 0.3 is 17.9 Å². The molecule has 0 unspecified atom stereocenters. The van der Waals surface area contributed by atoms with E-state index in [1.807, 2.05) is 0 Å². The molecule has 4 saturated carbocycles. The molecule has 0 bridgehead atoms. The molecule has 12 fully saturated rings. The molecule has 137 heavy (non-hydrogen) atoms. The average molecular weight is 1970 g/mol. The van der Waals surface area contributed by atoms with Crippen molar-refractivity contribution in [3.63, 3.8) is 0 Å². The van der Waals surface area contributed by atoms with Crippen molar-refractivity contribution in [2.24, 2.45) is 50.2 Å². The quantitative estimate of drug-likeness (QED) is 0.0104. The van der Waals surface area contributed by atoms with E-state index >= 15 is 4.79 Å². The van der Waals surface area contributed by atoms with Crippen molar-refractivity contribution in [1.82, 2.24) is 0 Å². The Bertz CT molecular complexity index is 4190. The summed E-state index contributed by atoms with van der Waals surface area (Å²) in [7, 11) is 0. The van der Waals surface area contributed by atoms with Crippen molar-refractivity contribution in [3.8, 4) is 0 Å². The van der Waals surface area contributed by atoms with Crippen LogP contribution >= 0.6 is 0 Å². The maximum atomic E-state index is 16.6. The third-order valence-electron chi connectivity index (χ3n) is 32.4. The largest absolute Gasteiger partial charge is 0.452 e. The lowest BCUT2D eigenvalue weighted by Gasteiger charge is -2.72. The summed E-state index contributed by atoms with van der Waals surface area (Å²) in [6.45, 7) is 24.8. The molecule has 782 valence electrons. The van der Waals surface area contributed by atoms with E-state index in [0.29, 0.717) is 44.9 Å². The molecule has 43 heteroatoms. The molecule has 47 atom stereocenters. The molecule has 13 aliphatic rings. The predicted octanol–water partition coefficient (Wildman–Crippen LogP) is -3.75. The van der Waals surface area contributed by atoms with Crippen LogP contribution < -0.4 is 0 Å². The Hall–Kier alpha value is -4.37. The lowest BCUT2D eigenvalue weighted by Crippen LogP contribution is -2.69. The monoisotopic (exact) mass is 1960 g/mol. The minimum atomic E-state index is -2.29. The van der Waals surface area contributed by atoms with Crippen LogP contribution in [-0.4, -0.2) is 421 Å². The van der Waals surface area contributed by atoms with Gasteiger partial charge in [-0.05, 0) is 163 Å². The third kappa shape index (κ3) is 22.1. The lowest BCUT2D eigenvalue weighted by atomic mass is 9.33. The SMILES string of the molecule is C=C[C@@](C)(O)CC/C=C(\C)C(=O)O[C@H]1[C@H](OC[C@H]2O[C@@H](OC(=O)[C@]34CCC(C)(C)C[C@H]3C3=CC[C@@H]5[C@@]6(C)CC[C@H](O[C@@H]7O[C@H](CO[C@@H]8OC[C@H](O)[C@H](O)[C@H]8O)[C@@H](O)[C@H](O)[C@H]7O[C@@H]7OC[C@@H](O)[C@H](O)[C@H]7O)C(C)(C)[C@@H]6CC[C@@]5(C)[C@]3(C)C[C@H]4O)[C@H](O[C@@H]3O[C@@H](C)[C@H](O[C@@H]4OC[C@@H](O)[C@H](O[C@@H]5OC[C@@H](O)[C@H](O)[C@H]5O)[C@H]4O)[C@@H](O)[C@H]3O)[C@@H](O)[C@@H]2O)O[C@@H](C)[C@H](O)[C@H]1OC(=O)/C(=C/CC[C@](C)(O)C=C)CO. The van der Waals surface area contributed by atoms with Crippen molar-refractivity contribution in [2.45, 2.75) is 411 Å². The summed E-state index contributed by atoms with van der Waals surface area (Å²) in [5, 5.41) is 248. The summed E-state index contributed by atoms with van der Waals surface area (Å²) in [4.78, 5) is 45.1. The number of ether oxygens (including phenoxy) is 18. The van der Waals surface area contributed by atoms with E-state index in [1.165, 1.54) is 58.9 Å². The van der Waals surface area contributed by atoms with E-state index in [-0.39, 0.29) is 61.5 Å². The average Bonchev–Trinajstić information content (AvgIpc) is 0.668. The number of aliphatic hydroxyl groups excluding tert-OH is 20. The normalized spacial score (nSPS) is 48.3. The molecule has 0 amide bonds. The van der Waals surface area contributed by atoms with Crippen molar-refractivity contribution in [3.05, 3.63) is 60.3 Å².